The minimum atomic E-state index is -0.125. The summed E-state index contributed by atoms with van der Waals surface area (Å²) in [5.74, 6) is 0.518. The maximum atomic E-state index is 12.3. The summed E-state index contributed by atoms with van der Waals surface area (Å²) in [6, 6.07) is 15.5. The summed E-state index contributed by atoms with van der Waals surface area (Å²) < 4.78 is 5.28. The molecule has 0 saturated carbocycles. The number of anilines is 3. The van der Waals surface area contributed by atoms with E-state index >= 15 is 0 Å². The smallest absolute Gasteiger partial charge is 0.230 e. The minimum Gasteiger partial charge on any atom is -0.495 e. The molecule has 0 saturated heterocycles. The van der Waals surface area contributed by atoms with Gasteiger partial charge in [0.05, 0.1) is 24.9 Å². The molecule has 2 N–H and O–H groups in total. The van der Waals surface area contributed by atoms with E-state index in [0.717, 1.165) is 22.1 Å². The van der Waals surface area contributed by atoms with Crippen LogP contribution in [0.1, 0.15) is 11.3 Å². The Hall–Kier alpha value is -2.86. The van der Waals surface area contributed by atoms with Crippen LogP contribution in [0.4, 0.5) is 16.5 Å². The monoisotopic (exact) mass is 353 g/mol. The molecule has 1 aromatic heterocycles. The predicted octanol–water partition coefficient (Wildman–Crippen LogP) is 4.38. The fourth-order valence-electron chi connectivity index (χ4n) is 2.37. The van der Waals surface area contributed by atoms with Crippen molar-refractivity contribution in [2.24, 2.45) is 0 Å². The first-order chi connectivity index (χ1) is 12.1. The molecule has 0 atom stereocenters. The first-order valence-corrected chi connectivity index (χ1v) is 8.73. The van der Waals surface area contributed by atoms with E-state index in [0.29, 0.717) is 11.4 Å². The van der Waals surface area contributed by atoms with Crippen LogP contribution >= 0.6 is 11.3 Å². The number of carbonyl (C=O) groups excluding carboxylic acids is 1. The van der Waals surface area contributed by atoms with Gasteiger partial charge in [-0.3, -0.25) is 4.79 Å². The summed E-state index contributed by atoms with van der Waals surface area (Å²) in [6.07, 6.45) is 0.212. The van der Waals surface area contributed by atoms with Gasteiger partial charge in [-0.2, -0.15) is 0 Å². The van der Waals surface area contributed by atoms with E-state index in [2.05, 4.69) is 15.6 Å². The highest BCUT2D eigenvalue weighted by molar-refractivity contribution is 7.13. The highest BCUT2D eigenvalue weighted by Crippen LogP contribution is 2.26. The Morgan fingerprint density at radius 1 is 1.20 bits per heavy atom. The van der Waals surface area contributed by atoms with E-state index < -0.39 is 0 Å². The zero-order chi connectivity index (χ0) is 17.6. The van der Waals surface area contributed by atoms with Crippen LogP contribution in [0.2, 0.25) is 0 Å². The molecule has 0 fully saturated rings. The Kier molecular flexibility index (Phi) is 5.30. The van der Waals surface area contributed by atoms with Gasteiger partial charge in [0, 0.05) is 11.1 Å². The summed E-state index contributed by atoms with van der Waals surface area (Å²) in [5.41, 5.74) is 3.43. The van der Waals surface area contributed by atoms with Crippen molar-refractivity contribution in [3.05, 3.63) is 65.2 Å². The number of amides is 1. The molecule has 3 rings (SSSR count). The molecular formula is C19H19N3O2S. The van der Waals surface area contributed by atoms with Gasteiger partial charge in [-0.15, -0.1) is 11.3 Å². The lowest BCUT2D eigenvalue weighted by molar-refractivity contribution is -0.115. The van der Waals surface area contributed by atoms with Gasteiger partial charge in [-0.05, 0) is 36.8 Å². The lowest BCUT2D eigenvalue weighted by Gasteiger charge is -2.10. The van der Waals surface area contributed by atoms with Gasteiger partial charge in [0.1, 0.15) is 5.75 Å². The number of nitrogens with zero attached hydrogens (tertiary/aromatic N) is 1. The molecule has 25 heavy (non-hydrogen) atoms. The molecule has 2 aromatic carbocycles. The van der Waals surface area contributed by atoms with E-state index in [1.54, 1.807) is 7.11 Å². The maximum Gasteiger partial charge on any atom is 0.230 e. The standard InChI is InChI=1S/C19H19N3O2S/c1-13-8-9-17(24-2)16(10-13)22-18(23)11-15-12-25-19(21-15)20-14-6-4-3-5-7-14/h3-10,12H,11H2,1-2H3,(H,20,21)(H,22,23). The third-order valence-corrected chi connectivity index (χ3v) is 4.35. The fourth-order valence-corrected chi connectivity index (χ4v) is 3.10. The van der Waals surface area contributed by atoms with Gasteiger partial charge in [-0.1, -0.05) is 24.3 Å². The molecule has 1 amide bonds. The maximum absolute atomic E-state index is 12.3. The van der Waals surface area contributed by atoms with Crippen LogP contribution in [0.15, 0.2) is 53.9 Å². The molecule has 3 aromatic rings. The third kappa shape index (κ3) is 4.58. The van der Waals surface area contributed by atoms with Crippen LogP contribution in [0.5, 0.6) is 5.75 Å². The van der Waals surface area contributed by atoms with Gasteiger partial charge in [0.2, 0.25) is 5.91 Å². The number of nitrogens with one attached hydrogen (secondary N) is 2. The minimum absolute atomic E-state index is 0.125. The molecule has 0 spiro atoms. The lowest BCUT2D eigenvalue weighted by Crippen LogP contribution is -2.15. The van der Waals surface area contributed by atoms with Crippen LogP contribution < -0.4 is 15.4 Å². The number of ether oxygens (including phenoxy) is 1. The molecule has 1 heterocycles. The molecule has 5 nitrogen and oxygen atoms in total. The third-order valence-electron chi connectivity index (χ3n) is 3.55. The number of thiazole rings is 1. The number of hydrogen-bond donors (Lipinski definition) is 2. The fraction of sp³-hybridized carbons (Fsp3) is 0.158. The molecule has 0 bridgehead atoms. The SMILES string of the molecule is COc1ccc(C)cc1NC(=O)Cc1csc(Nc2ccccc2)n1. The second-order valence-electron chi connectivity index (χ2n) is 5.56. The van der Waals surface area contributed by atoms with Crippen molar-refractivity contribution in [3.63, 3.8) is 0 Å². The first kappa shape index (κ1) is 17.0. The summed E-state index contributed by atoms with van der Waals surface area (Å²) in [4.78, 5) is 16.8. The zero-order valence-electron chi connectivity index (χ0n) is 14.1. The predicted molar refractivity (Wildman–Crippen MR) is 102 cm³/mol. The number of carbonyl (C=O) groups is 1. The number of rotatable bonds is 6. The largest absolute Gasteiger partial charge is 0.495 e. The Balaban J connectivity index is 1.63. The summed E-state index contributed by atoms with van der Waals surface area (Å²) in [6.45, 7) is 1.97. The average Bonchev–Trinajstić information content (AvgIpc) is 3.02. The second-order valence-corrected chi connectivity index (χ2v) is 6.42. The molecule has 0 aliphatic heterocycles. The van der Waals surface area contributed by atoms with E-state index in [9.17, 15) is 4.79 Å². The lowest BCUT2D eigenvalue weighted by atomic mass is 10.2. The number of aryl methyl sites for hydroxylation is 1. The molecule has 6 heteroatoms. The van der Waals surface area contributed by atoms with Crippen LogP contribution in [0, 0.1) is 6.92 Å². The highest BCUT2D eigenvalue weighted by atomic mass is 32.1. The van der Waals surface area contributed by atoms with Crippen molar-refractivity contribution >= 4 is 33.8 Å². The van der Waals surface area contributed by atoms with Crippen molar-refractivity contribution in [2.45, 2.75) is 13.3 Å². The Labute approximate surface area is 150 Å². The van der Waals surface area contributed by atoms with Crippen LogP contribution in [0.3, 0.4) is 0 Å². The number of methoxy groups -OCH3 is 1. The van der Waals surface area contributed by atoms with E-state index in [4.69, 9.17) is 4.74 Å². The average molecular weight is 353 g/mol. The number of aromatic nitrogens is 1. The number of para-hydroxylation sites is 1. The van der Waals surface area contributed by atoms with Crippen molar-refractivity contribution in [2.75, 3.05) is 17.7 Å². The van der Waals surface area contributed by atoms with E-state index in [1.807, 2.05) is 60.8 Å². The van der Waals surface area contributed by atoms with Gasteiger partial charge in [0.15, 0.2) is 5.13 Å². The molecular weight excluding hydrogens is 334 g/mol. The van der Waals surface area contributed by atoms with Crippen molar-refractivity contribution in [3.8, 4) is 5.75 Å². The molecule has 0 aliphatic rings. The number of benzene rings is 2. The highest BCUT2D eigenvalue weighted by Gasteiger charge is 2.11. The Morgan fingerprint density at radius 3 is 2.76 bits per heavy atom. The molecule has 0 unspecified atom stereocenters. The summed E-state index contributed by atoms with van der Waals surface area (Å²) in [5, 5.41) is 8.77. The quantitative estimate of drug-likeness (QED) is 0.690. The summed E-state index contributed by atoms with van der Waals surface area (Å²) in [7, 11) is 1.59. The van der Waals surface area contributed by atoms with Crippen LogP contribution in [-0.2, 0) is 11.2 Å². The van der Waals surface area contributed by atoms with E-state index in [-0.39, 0.29) is 12.3 Å². The number of hydrogen-bond acceptors (Lipinski definition) is 5. The van der Waals surface area contributed by atoms with Crippen molar-refractivity contribution in [1.82, 2.24) is 4.98 Å². The van der Waals surface area contributed by atoms with Crippen LogP contribution in [-0.4, -0.2) is 18.0 Å². The van der Waals surface area contributed by atoms with Gasteiger partial charge < -0.3 is 15.4 Å². The Morgan fingerprint density at radius 2 is 2.00 bits per heavy atom. The van der Waals surface area contributed by atoms with Gasteiger partial charge >= 0.3 is 0 Å². The summed E-state index contributed by atoms with van der Waals surface area (Å²) >= 11 is 1.48. The normalized spacial score (nSPS) is 10.3. The molecule has 128 valence electrons. The van der Waals surface area contributed by atoms with Gasteiger partial charge in [-0.25, -0.2) is 4.98 Å². The first-order valence-electron chi connectivity index (χ1n) is 7.85. The van der Waals surface area contributed by atoms with Crippen molar-refractivity contribution < 1.29 is 9.53 Å². The Bertz CT molecular complexity index is 862. The van der Waals surface area contributed by atoms with Crippen LogP contribution in [0.25, 0.3) is 0 Å². The van der Waals surface area contributed by atoms with E-state index in [1.165, 1.54) is 11.3 Å². The zero-order valence-corrected chi connectivity index (χ0v) is 14.9. The second kappa shape index (κ2) is 7.81. The molecule has 0 radical (unpaired) electrons. The molecule has 0 aliphatic carbocycles. The van der Waals surface area contributed by atoms with Gasteiger partial charge in [0.25, 0.3) is 0 Å². The van der Waals surface area contributed by atoms with Crippen molar-refractivity contribution in [1.29, 1.82) is 0 Å². The topological polar surface area (TPSA) is 63.2 Å².